The van der Waals surface area contributed by atoms with Crippen molar-refractivity contribution in [3.63, 3.8) is 0 Å². The van der Waals surface area contributed by atoms with Gasteiger partial charge >= 0.3 is 0 Å². The highest BCUT2D eigenvalue weighted by molar-refractivity contribution is 7.91. The second-order valence-corrected chi connectivity index (χ2v) is 5.87. The van der Waals surface area contributed by atoms with E-state index in [0.717, 1.165) is 11.8 Å². The number of aryl methyl sites for hydroxylation is 1. The van der Waals surface area contributed by atoms with Crippen molar-refractivity contribution in [1.82, 2.24) is 0 Å². The van der Waals surface area contributed by atoms with Crippen LogP contribution in [-0.4, -0.2) is 26.3 Å². The molecule has 0 saturated heterocycles. The van der Waals surface area contributed by atoms with Crippen molar-refractivity contribution in [3.05, 3.63) is 29.3 Å². The molecule has 1 rings (SSSR count). The Morgan fingerprint density at radius 1 is 1.47 bits per heavy atom. The standard InChI is InChI=1S/C11H12N2O3S/c1-8-4-3-5-10(9(8)6-12)13-11(14)7-17(2,15)16/h3-5H,7H2,1-2H3,(H,13,14). The Morgan fingerprint density at radius 2 is 2.12 bits per heavy atom. The minimum absolute atomic E-state index is 0.334. The van der Waals surface area contributed by atoms with Crippen LogP contribution >= 0.6 is 0 Å². The van der Waals surface area contributed by atoms with Crippen molar-refractivity contribution >= 4 is 21.4 Å². The number of carbonyl (C=O) groups is 1. The predicted octanol–water partition coefficient (Wildman–Crippen LogP) is 0.850. The largest absolute Gasteiger partial charge is 0.324 e. The molecule has 0 unspecified atom stereocenters. The number of hydrogen-bond donors (Lipinski definition) is 1. The van der Waals surface area contributed by atoms with Gasteiger partial charge in [-0.2, -0.15) is 5.26 Å². The number of nitrogens with one attached hydrogen (secondary N) is 1. The number of nitriles is 1. The van der Waals surface area contributed by atoms with E-state index in [1.807, 2.05) is 6.07 Å². The molecule has 90 valence electrons. The minimum atomic E-state index is -3.37. The zero-order valence-corrected chi connectivity index (χ0v) is 10.3. The molecule has 1 N–H and O–H groups in total. The van der Waals surface area contributed by atoms with Crippen LogP contribution in [0.15, 0.2) is 18.2 Å². The van der Waals surface area contributed by atoms with Crippen LogP contribution in [0.25, 0.3) is 0 Å². The molecule has 0 fully saturated rings. The Hall–Kier alpha value is -1.87. The number of rotatable bonds is 3. The zero-order valence-electron chi connectivity index (χ0n) is 9.52. The highest BCUT2D eigenvalue weighted by Crippen LogP contribution is 2.18. The van der Waals surface area contributed by atoms with Gasteiger partial charge < -0.3 is 5.32 Å². The summed E-state index contributed by atoms with van der Waals surface area (Å²) in [5, 5.41) is 11.3. The second kappa shape index (κ2) is 4.97. The van der Waals surface area contributed by atoms with Crippen molar-refractivity contribution in [2.24, 2.45) is 0 Å². The van der Waals surface area contributed by atoms with Crippen LogP contribution in [0.4, 0.5) is 5.69 Å². The Balaban J connectivity index is 2.94. The highest BCUT2D eigenvalue weighted by atomic mass is 32.2. The first-order chi connectivity index (χ1) is 7.83. The van der Waals surface area contributed by atoms with Crippen molar-refractivity contribution in [2.75, 3.05) is 17.3 Å². The van der Waals surface area contributed by atoms with E-state index in [1.54, 1.807) is 25.1 Å². The Labute approximate surface area is 100.0 Å². The summed E-state index contributed by atoms with van der Waals surface area (Å²) < 4.78 is 21.9. The number of carbonyl (C=O) groups excluding carboxylic acids is 1. The number of sulfone groups is 1. The number of nitrogens with zero attached hydrogens (tertiary/aromatic N) is 1. The fourth-order valence-electron chi connectivity index (χ4n) is 1.34. The number of benzene rings is 1. The molecule has 0 atom stereocenters. The molecule has 17 heavy (non-hydrogen) atoms. The van der Waals surface area contributed by atoms with E-state index in [2.05, 4.69) is 5.32 Å². The van der Waals surface area contributed by atoms with Crippen molar-refractivity contribution in [3.8, 4) is 6.07 Å². The molecule has 1 aromatic rings. The molecule has 0 heterocycles. The third kappa shape index (κ3) is 3.89. The molecular formula is C11H12N2O3S. The van der Waals surface area contributed by atoms with E-state index in [1.165, 1.54) is 0 Å². The summed E-state index contributed by atoms with van der Waals surface area (Å²) in [6, 6.07) is 6.96. The normalized spacial score (nSPS) is 10.6. The highest BCUT2D eigenvalue weighted by Gasteiger charge is 2.13. The molecule has 0 aliphatic carbocycles. The number of hydrogen-bond acceptors (Lipinski definition) is 4. The monoisotopic (exact) mass is 252 g/mol. The summed E-state index contributed by atoms with van der Waals surface area (Å²) in [5.41, 5.74) is 1.40. The van der Waals surface area contributed by atoms with E-state index in [9.17, 15) is 13.2 Å². The summed E-state index contributed by atoms with van der Waals surface area (Å²) >= 11 is 0. The lowest BCUT2D eigenvalue weighted by Crippen LogP contribution is -2.22. The SMILES string of the molecule is Cc1cccc(NC(=O)CS(C)(=O)=O)c1C#N. The molecule has 0 radical (unpaired) electrons. The van der Waals surface area contributed by atoms with Crippen LogP contribution in [0.3, 0.4) is 0 Å². The van der Waals surface area contributed by atoms with E-state index >= 15 is 0 Å². The Bertz CT molecular complexity index is 585. The summed E-state index contributed by atoms with van der Waals surface area (Å²) in [6.07, 6.45) is 0.980. The maximum Gasteiger partial charge on any atom is 0.239 e. The van der Waals surface area contributed by atoms with Crippen molar-refractivity contribution < 1.29 is 13.2 Å². The van der Waals surface area contributed by atoms with Crippen LogP contribution in [0.1, 0.15) is 11.1 Å². The van der Waals surface area contributed by atoms with Gasteiger partial charge in [-0.3, -0.25) is 4.79 Å². The van der Waals surface area contributed by atoms with Crippen LogP contribution in [0, 0.1) is 18.3 Å². The fourth-order valence-corrected chi connectivity index (χ4v) is 1.89. The lowest BCUT2D eigenvalue weighted by molar-refractivity contribution is -0.113. The van der Waals surface area contributed by atoms with Gasteiger partial charge in [-0.25, -0.2) is 8.42 Å². The molecule has 0 aliphatic rings. The fraction of sp³-hybridized carbons (Fsp3) is 0.273. The first-order valence-corrected chi connectivity index (χ1v) is 6.87. The first-order valence-electron chi connectivity index (χ1n) is 4.81. The molecule has 5 nitrogen and oxygen atoms in total. The summed E-state index contributed by atoms with van der Waals surface area (Å²) in [7, 11) is -3.37. The van der Waals surface area contributed by atoms with Gasteiger partial charge in [0.15, 0.2) is 9.84 Å². The molecule has 0 aliphatic heterocycles. The van der Waals surface area contributed by atoms with E-state index in [-0.39, 0.29) is 0 Å². The van der Waals surface area contributed by atoms with Crippen LogP contribution in [-0.2, 0) is 14.6 Å². The van der Waals surface area contributed by atoms with E-state index < -0.39 is 21.5 Å². The quantitative estimate of drug-likeness (QED) is 0.863. The lowest BCUT2D eigenvalue weighted by Gasteiger charge is -2.07. The average molecular weight is 252 g/mol. The molecule has 1 amide bonds. The molecule has 1 aromatic carbocycles. The summed E-state index contributed by atoms with van der Waals surface area (Å²) in [6.45, 7) is 1.74. The molecule has 0 saturated carbocycles. The van der Waals surface area contributed by atoms with Gasteiger partial charge in [0, 0.05) is 6.26 Å². The molecule has 0 aromatic heterocycles. The third-order valence-corrected chi connectivity index (χ3v) is 2.84. The molecule has 0 bridgehead atoms. The average Bonchev–Trinajstić information content (AvgIpc) is 2.14. The van der Waals surface area contributed by atoms with Crippen molar-refractivity contribution in [1.29, 1.82) is 5.26 Å². The third-order valence-electron chi connectivity index (χ3n) is 2.05. The number of anilines is 1. The van der Waals surface area contributed by atoms with Crippen LogP contribution < -0.4 is 5.32 Å². The Morgan fingerprint density at radius 3 is 2.65 bits per heavy atom. The predicted molar refractivity (Wildman–Crippen MR) is 64.2 cm³/mol. The van der Waals surface area contributed by atoms with E-state index in [0.29, 0.717) is 11.3 Å². The maximum absolute atomic E-state index is 11.4. The number of amides is 1. The summed E-state index contributed by atoms with van der Waals surface area (Å²) in [4.78, 5) is 11.4. The lowest BCUT2D eigenvalue weighted by atomic mass is 10.1. The minimum Gasteiger partial charge on any atom is -0.324 e. The zero-order chi connectivity index (χ0) is 13.1. The smallest absolute Gasteiger partial charge is 0.239 e. The van der Waals surface area contributed by atoms with Gasteiger partial charge in [0.05, 0.1) is 11.3 Å². The second-order valence-electron chi connectivity index (χ2n) is 3.73. The van der Waals surface area contributed by atoms with Crippen LogP contribution in [0.5, 0.6) is 0 Å². The van der Waals surface area contributed by atoms with Gasteiger partial charge in [-0.15, -0.1) is 0 Å². The topological polar surface area (TPSA) is 87.0 Å². The molecule has 0 spiro atoms. The van der Waals surface area contributed by atoms with Crippen molar-refractivity contribution in [2.45, 2.75) is 6.92 Å². The Kier molecular flexibility index (Phi) is 3.86. The molecule has 6 heteroatoms. The summed E-state index contributed by atoms with van der Waals surface area (Å²) in [5.74, 6) is -1.24. The maximum atomic E-state index is 11.4. The van der Waals surface area contributed by atoms with Gasteiger partial charge in [-0.1, -0.05) is 12.1 Å². The van der Waals surface area contributed by atoms with Crippen LogP contribution in [0.2, 0.25) is 0 Å². The van der Waals surface area contributed by atoms with Gasteiger partial charge in [0.25, 0.3) is 0 Å². The molecular weight excluding hydrogens is 240 g/mol. The van der Waals surface area contributed by atoms with Gasteiger partial charge in [-0.05, 0) is 18.6 Å². The van der Waals surface area contributed by atoms with Gasteiger partial charge in [0.2, 0.25) is 5.91 Å². The van der Waals surface area contributed by atoms with Gasteiger partial charge in [0.1, 0.15) is 11.8 Å². The first kappa shape index (κ1) is 13.2. The van der Waals surface area contributed by atoms with E-state index in [4.69, 9.17) is 5.26 Å².